The zero-order valence-corrected chi connectivity index (χ0v) is 10.8. The maximum atomic E-state index is 12.8. The van der Waals surface area contributed by atoms with Crippen LogP contribution in [-0.2, 0) is 4.79 Å². The highest BCUT2D eigenvalue weighted by Crippen LogP contribution is 2.31. The second kappa shape index (κ2) is 6.44. The molecule has 1 rings (SSSR count). The largest absolute Gasteiger partial charge is 0.493 e. The van der Waals surface area contributed by atoms with Gasteiger partial charge >= 0.3 is 18.3 Å². The number of methoxy groups -OCH3 is 1. The van der Waals surface area contributed by atoms with Crippen molar-refractivity contribution in [2.24, 2.45) is 0 Å². The van der Waals surface area contributed by atoms with Crippen LogP contribution in [0.25, 0.3) is 0 Å². The molecule has 1 amide bonds. The van der Waals surface area contributed by atoms with Gasteiger partial charge in [-0.3, -0.25) is 4.79 Å². The predicted octanol–water partition coefficient (Wildman–Crippen LogP) is 2.93. The Morgan fingerprint density at radius 3 is 2.50 bits per heavy atom. The fourth-order valence-corrected chi connectivity index (χ4v) is 1.33. The van der Waals surface area contributed by atoms with E-state index in [0.717, 1.165) is 0 Å². The van der Waals surface area contributed by atoms with Crippen molar-refractivity contribution in [2.75, 3.05) is 19.0 Å². The molecule has 0 saturated heterocycles. The summed E-state index contributed by atoms with van der Waals surface area (Å²) in [5, 5.41) is 1.70. The second-order valence-electron chi connectivity index (χ2n) is 3.68. The van der Waals surface area contributed by atoms with E-state index in [4.69, 9.17) is 9.47 Å². The Labute approximate surface area is 112 Å². The van der Waals surface area contributed by atoms with E-state index in [1.165, 1.54) is 25.3 Å². The van der Waals surface area contributed by atoms with E-state index in [2.05, 4.69) is 0 Å². The lowest BCUT2D eigenvalue weighted by Gasteiger charge is -2.16. The van der Waals surface area contributed by atoms with Crippen molar-refractivity contribution < 1.29 is 31.8 Å². The average molecular weight is 295 g/mol. The Balaban J connectivity index is 2.91. The lowest BCUT2D eigenvalue weighted by Crippen LogP contribution is -2.40. The highest BCUT2D eigenvalue weighted by Gasteiger charge is 2.48. The first-order valence-electron chi connectivity index (χ1n) is 5.61. The number of halogens is 4. The van der Waals surface area contributed by atoms with Crippen molar-refractivity contribution in [3.8, 4) is 11.5 Å². The summed E-state index contributed by atoms with van der Waals surface area (Å²) in [6, 6.07) is 3.82. The summed E-state index contributed by atoms with van der Waals surface area (Å²) in [6.45, 7) is 2.09. The van der Waals surface area contributed by atoms with Gasteiger partial charge in [0.2, 0.25) is 0 Å². The average Bonchev–Trinajstić information content (AvgIpc) is 2.40. The van der Waals surface area contributed by atoms with Gasteiger partial charge in [-0.25, -0.2) is 8.78 Å². The number of hydrogen-bond acceptors (Lipinski definition) is 3. The summed E-state index contributed by atoms with van der Waals surface area (Å²) in [4.78, 5) is 11.1. The van der Waals surface area contributed by atoms with Crippen LogP contribution in [0.4, 0.5) is 23.2 Å². The Bertz CT molecular complexity index is 480. The Kier molecular flexibility index (Phi) is 5.18. The minimum Gasteiger partial charge on any atom is -0.493 e. The van der Waals surface area contributed by atoms with E-state index in [0.29, 0.717) is 12.4 Å². The molecule has 20 heavy (non-hydrogen) atoms. The predicted molar refractivity (Wildman–Crippen MR) is 63.7 cm³/mol. The number of hydrogen-bond donors (Lipinski definition) is 1. The van der Waals surface area contributed by atoms with Crippen LogP contribution < -0.4 is 14.8 Å². The molecule has 0 aromatic heterocycles. The zero-order valence-electron chi connectivity index (χ0n) is 10.8. The van der Waals surface area contributed by atoms with Gasteiger partial charge in [0, 0.05) is 11.8 Å². The standard InChI is InChI=1S/C12H13F4NO3/c1-3-20-8-5-4-7(6-9(8)19-2)17-11(18)12(15,16)10(13)14/h4-6,10H,3H2,1-2H3,(H,17,18). The van der Waals surface area contributed by atoms with Crippen LogP contribution in [0.3, 0.4) is 0 Å². The van der Waals surface area contributed by atoms with Gasteiger partial charge < -0.3 is 14.8 Å². The van der Waals surface area contributed by atoms with Gasteiger partial charge in [-0.2, -0.15) is 8.78 Å². The monoisotopic (exact) mass is 295 g/mol. The molecule has 112 valence electrons. The van der Waals surface area contributed by atoms with Crippen molar-refractivity contribution >= 4 is 11.6 Å². The van der Waals surface area contributed by atoms with E-state index in [-0.39, 0.29) is 11.4 Å². The third kappa shape index (κ3) is 3.52. The van der Waals surface area contributed by atoms with E-state index in [1.54, 1.807) is 12.2 Å². The molecule has 8 heteroatoms. The first-order chi connectivity index (χ1) is 9.32. The molecule has 1 aromatic rings. The maximum absolute atomic E-state index is 12.8. The van der Waals surface area contributed by atoms with Gasteiger partial charge in [-0.05, 0) is 19.1 Å². The normalized spacial score (nSPS) is 11.3. The summed E-state index contributed by atoms with van der Waals surface area (Å²) >= 11 is 0. The van der Waals surface area contributed by atoms with E-state index in [1.807, 2.05) is 0 Å². The molecule has 0 unspecified atom stereocenters. The van der Waals surface area contributed by atoms with Gasteiger partial charge in [0.15, 0.2) is 11.5 Å². The molecule has 1 aromatic carbocycles. The molecule has 0 radical (unpaired) electrons. The molecule has 0 aliphatic heterocycles. The van der Waals surface area contributed by atoms with E-state index in [9.17, 15) is 22.4 Å². The fraction of sp³-hybridized carbons (Fsp3) is 0.417. The van der Waals surface area contributed by atoms with Crippen LogP contribution in [0.2, 0.25) is 0 Å². The molecule has 0 fully saturated rings. The highest BCUT2D eigenvalue weighted by atomic mass is 19.3. The minimum atomic E-state index is -4.76. The van der Waals surface area contributed by atoms with Crippen molar-refractivity contribution in [3.05, 3.63) is 18.2 Å². The lowest BCUT2D eigenvalue weighted by atomic mass is 10.2. The van der Waals surface area contributed by atoms with Gasteiger partial charge in [-0.1, -0.05) is 0 Å². The molecule has 0 aliphatic rings. The van der Waals surface area contributed by atoms with Crippen LogP contribution in [0.15, 0.2) is 18.2 Å². The van der Waals surface area contributed by atoms with Gasteiger partial charge in [0.1, 0.15) is 0 Å². The number of benzene rings is 1. The third-order valence-corrected chi connectivity index (χ3v) is 2.30. The molecule has 0 spiro atoms. The number of ether oxygens (including phenoxy) is 2. The number of carbonyl (C=O) groups excluding carboxylic acids is 1. The number of carbonyl (C=O) groups is 1. The quantitative estimate of drug-likeness (QED) is 0.821. The first kappa shape index (κ1) is 16.1. The lowest BCUT2D eigenvalue weighted by molar-refractivity contribution is -0.163. The number of rotatable bonds is 6. The van der Waals surface area contributed by atoms with Crippen LogP contribution in [0.5, 0.6) is 11.5 Å². The highest BCUT2D eigenvalue weighted by molar-refractivity contribution is 5.96. The Hall–Kier alpha value is -1.99. The van der Waals surface area contributed by atoms with E-state index >= 15 is 0 Å². The third-order valence-electron chi connectivity index (χ3n) is 2.30. The summed E-state index contributed by atoms with van der Waals surface area (Å²) in [6.07, 6.45) is -4.08. The molecular formula is C12H13F4NO3. The number of nitrogens with one attached hydrogen (secondary N) is 1. The molecule has 0 bridgehead atoms. The molecule has 4 nitrogen and oxygen atoms in total. The SMILES string of the molecule is CCOc1ccc(NC(=O)C(F)(F)C(F)F)cc1OC. The fourth-order valence-electron chi connectivity index (χ4n) is 1.33. The van der Waals surface area contributed by atoms with Crippen LogP contribution in [0.1, 0.15) is 6.92 Å². The second-order valence-corrected chi connectivity index (χ2v) is 3.68. The van der Waals surface area contributed by atoms with Gasteiger partial charge in [0.05, 0.1) is 13.7 Å². The van der Waals surface area contributed by atoms with Crippen molar-refractivity contribution in [3.63, 3.8) is 0 Å². The summed E-state index contributed by atoms with van der Waals surface area (Å²) in [5.74, 6) is -6.32. The van der Waals surface area contributed by atoms with Crippen molar-refractivity contribution in [2.45, 2.75) is 19.3 Å². The summed E-state index contributed by atoms with van der Waals surface area (Å²) < 4.78 is 59.7. The van der Waals surface area contributed by atoms with Crippen molar-refractivity contribution in [1.82, 2.24) is 0 Å². The molecule has 0 aliphatic carbocycles. The molecule has 0 heterocycles. The van der Waals surface area contributed by atoms with E-state index < -0.39 is 18.3 Å². The number of anilines is 1. The van der Waals surface area contributed by atoms with Gasteiger partial charge in [-0.15, -0.1) is 0 Å². The van der Waals surface area contributed by atoms with Crippen molar-refractivity contribution in [1.29, 1.82) is 0 Å². The maximum Gasteiger partial charge on any atom is 0.383 e. The molecule has 1 N–H and O–H groups in total. The van der Waals surface area contributed by atoms with Gasteiger partial charge in [0.25, 0.3) is 0 Å². The van der Waals surface area contributed by atoms with Crippen LogP contribution in [0, 0.1) is 0 Å². The summed E-state index contributed by atoms with van der Waals surface area (Å²) in [5.41, 5.74) is -0.101. The Morgan fingerprint density at radius 2 is 2.00 bits per heavy atom. The first-order valence-corrected chi connectivity index (χ1v) is 5.61. The minimum absolute atomic E-state index is 0.101. The Morgan fingerprint density at radius 1 is 1.35 bits per heavy atom. The van der Waals surface area contributed by atoms with Crippen LogP contribution >= 0.6 is 0 Å². The topological polar surface area (TPSA) is 47.6 Å². The zero-order chi connectivity index (χ0) is 15.3. The molecule has 0 saturated carbocycles. The molecular weight excluding hydrogens is 282 g/mol. The number of amides is 1. The summed E-state index contributed by atoms with van der Waals surface area (Å²) in [7, 11) is 1.32. The smallest absolute Gasteiger partial charge is 0.383 e. The number of alkyl halides is 4. The van der Waals surface area contributed by atoms with Crippen LogP contribution in [-0.4, -0.2) is 32.0 Å². The molecule has 0 atom stereocenters.